The summed E-state index contributed by atoms with van der Waals surface area (Å²) >= 11 is 0. The van der Waals surface area contributed by atoms with Gasteiger partial charge in [0.25, 0.3) is 0 Å². The second-order valence-corrected chi connectivity index (χ2v) is 7.21. The van der Waals surface area contributed by atoms with Crippen LogP contribution in [0.4, 0.5) is 0 Å². The van der Waals surface area contributed by atoms with Crippen molar-refractivity contribution < 1.29 is 49.3 Å². The molecule has 3 rings (SSSR count). The fourth-order valence-corrected chi connectivity index (χ4v) is 4.00. The van der Waals surface area contributed by atoms with Gasteiger partial charge in [-0.25, -0.2) is 4.79 Å². The Morgan fingerprint density at radius 3 is 2.46 bits per heavy atom. The summed E-state index contributed by atoms with van der Waals surface area (Å²) in [6, 6.07) is 0. The van der Waals surface area contributed by atoms with E-state index in [-0.39, 0.29) is 12.2 Å². The molecule has 0 aromatic rings. The second-order valence-electron chi connectivity index (χ2n) is 7.21. The molecule has 0 amide bonds. The number of ether oxygens (including phenoxy) is 4. The third-order valence-electron chi connectivity index (χ3n) is 5.66. The first-order valence-corrected chi connectivity index (χ1v) is 9.05. The van der Waals surface area contributed by atoms with Gasteiger partial charge in [0.2, 0.25) is 6.29 Å². The van der Waals surface area contributed by atoms with Crippen LogP contribution in [0.2, 0.25) is 0 Å². The predicted molar refractivity (Wildman–Crippen MR) is 91.1 cm³/mol. The van der Waals surface area contributed by atoms with Crippen molar-refractivity contribution in [2.24, 2.45) is 17.8 Å². The molecule has 0 bridgehead atoms. The van der Waals surface area contributed by atoms with Crippen LogP contribution >= 0.6 is 0 Å². The molecule has 0 unspecified atom stereocenters. The van der Waals surface area contributed by atoms with E-state index in [0.717, 1.165) is 6.26 Å². The van der Waals surface area contributed by atoms with Gasteiger partial charge in [0.1, 0.15) is 6.10 Å². The fourth-order valence-electron chi connectivity index (χ4n) is 4.00. The van der Waals surface area contributed by atoms with Crippen molar-refractivity contribution in [1.29, 1.82) is 0 Å². The molecule has 0 radical (unpaired) electrons. The van der Waals surface area contributed by atoms with Crippen LogP contribution < -0.4 is 0 Å². The molecule has 2 aliphatic heterocycles. The Labute approximate surface area is 161 Å². The molecule has 0 aromatic carbocycles. The molecule has 9 atom stereocenters. The molecule has 5 N–H and O–H groups in total. The first kappa shape index (κ1) is 21.2. The lowest BCUT2D eigenvalue weighted by Crippen LogP contribution is -2.57. The van der Waals surface area contributed by atoms with E-state index >= 15 is 0 Å². The van der Waals surface area contributed by atoms with Crippen molar-refractivity contribution in [2.75, 3.05) is 20.3 Å². The summed E-state index contributed by atoms with van der Waals surface area (Å²) in [5, 5.41) is 50.0. The number of aliphatic hydroxyl groups is 5. The highest BCUT2D eigenvalue weighted by molar-refractivity contribution is 5.89. The topological polar surface area (TPSA) is 155 Å². The van der Waals surface area contributed by atoms with Gasteiger partial charge in [-0.15, -0.1) is 0 Å². The molecule has 2 heterocycles. The van der Waals surface area contributed by atoms with E-state index in [1.807, 2.05) is 0 Å². The lowest BCUT2D eigenvalue weighted by atomic mass is 9.82. The zero-order valence-corrected chi connectivity index (χ0v) is 15.5. The van der Waals surface area contributed by atoms with Crippen LogP contribution in [-0.2, 0) is 23.7 Å². The molecule has 0 spiro atoms. The van der Waals surface area contributed by atoms with Crippen LogP contribution in [0, 0.1) is 17.8 Å². The summed E-state index contributed by atoms with van der Waals surface area (Å²) in [6.07, 6.45) is -4.33. The van der Waals surface area contributed by atoms with Crippen molar-refractivity contribution in [1.82, 2.24) is 0 Å². The highest BCUT2D eigenvalue weighted by Gasteiger charge is 2.51. The molecule has 0 saturated carbocycles. The number of carbonyl (C=O) groups is 1. The number of methoxy groups -OCH3 is 1. The van der Waals surface area contributed by atoms with Gasteiger partial charge in [-0.3, -0.25) is 0 Å². The minimum Gasteiger partial charge on any atom is -0.471 e. The molecular formula is C18H26O10. The average molecular weight is 402 g/mol. The highest BCUT2D eigenvalue weighted by Crippen LogP contribution is 2.44. The first-order chi connectivity index (χ1) is 13.3. The third-order valence-corrected chi connectivity index (χ3v) is 5.66. The number of hydrogen-bond acceptors (Lipinski definition) is 10. The van der Waals surface area contributed by atoms with Crippen LogP contribution in [0.3, 0.4) is 0 Å². The van der Waals surface area contributed by atoms with Gasteiger partial charge in [0.05, 0.1) is 56.4 Å². The Morgan fingerprint density at radius 2 is 1.86 bits per heavy atom. The normalized spacial score (nSPS) is 42.9. The SMILES string of the molecule is COC(=O)C1=CO[C@@H](O[C@@H]2O[C@H](CO)[C@@H](C)[C@H](O)[C@H]2O)[C@@H]2C(CO)=C[C@H](O)[C@H]12. The molecule has 158 valence electrons. The minimum absolute atomic E-state index is 0.0894. The van der Waals surface area contributed by atoms with Crippen molar-refractivity contribution in [2.45, 2.75) is 43.9 Å². The van der Waals surface area contributed by atoms with E-state index in [2.05, 4.69) is 0 Å². The third kappa shape index (κ3) is 3.57. The number of fused-ring (bicyclic) bond motifs is 1. The van der Waals surface area contributed by atoms with E-state index in [0.29, 0.717) is 5.57 Å². The lowest BCUT2D eigenvalue weighted by Gasteiger charge is -2.43. The molecular weight excluding hydrogens is 376 g/mol. The smallest absolute Gasteiger partial charge is 0.337 e. The summed E-state index contributed by atoms with van der Waals surface area (Å²) in [7, 11) is 1.20. The summed E-state index contributed by atoms with van der Waals surface area (Å²) in [5.74, 6) is -2.71. The first-order valence-electron chi connectivity index (χ1n) is 9.05. The molecule has 10 heteroatoms. The number of rotatable bonds is 5. The van der Waals surface area contributed by atoms with Crippen molar-refractivity contribution in [3.63, 3.8) is 0 Å². The van der Waals surface area contributed by atoms with E-state index in [1.54, 1.807) is 6.92 Å². The van der Waals surface area contributed by atoms with Crippen molar-refractivity contribution in [3.8, 4) is 0 Å². The summed E-state index contributed by atoms with van der Waals surface area (Å²) in [5.41, 5.74) is 0.487. The number of carbonyl (C=O) groups excluding carboxylic acids is 1. The number of aliphatic hydroxyl groups excluding tert-OH is 5. The van der Waals surface area contributed by atoms with Gasteiger partial charge in [-0.05, 0) is 5.57 Å². The largest absolute Gasteiger partial charge is 0.471 e. The highest BCUT2D eigenvalue weighted by atomic mass is 16.8. The van der Waals surface area contributed by atoms with Gasteiger partial charge in [0.15, 0.2) is 6.29 Å². The van der Waals surface area contributed by atoms with Gasteiger partial charge in [-0.2, -0.15) is 0 Å². The van der Waals surface area contributed by atoms with E-state index in [4.69, 9.17) is 18.9 Å². The van der Waals surface area contributed by atoms with Gasteiger partial charge in [0, 0.05) is 11.8 Å². The molecule has 0 aromatic heterocycles. The molecule has 1 aliphatic carbocycles. The maximum absolute atomic E-state index is 12.0. The van der Waals surface area contributed by atoms with E-state index in [1.165, 1.54) is 13.2 Å². The summed E-state index contributed by atoms with van der Waals surface area (Å²) < 4.78 is 21.5. The maximum Gasteiger partial charge on any atom is 0.337 e. The molecule has 28 heavy (non-hydrogen) atoms. The Balaban J connectivity index is 1.84. The Bertz CT molecular complexity index is 644. The second kappa shape index (κ2) is 8.46. The van der Waals surface area contributed by atoms with Crippen LogP contribution in [0.5, 0.6) is 0 Å². The fraction of sp³-hybridized carbons (Fsp3) is 0.722. The predicted octanol–water partition coefficient (Wildman–Crippen LogP) is -1.98. The molecule has 1 fully saturated rings. The molecule has 1 saturated heterocycles. The van der Waals surface area contributed by atoms with Crippen LogP contribution in [0.15, 0.2) is 23.5 Å². The van der Waals surface area contributed by atoms with Crippen molar-refractivity contribution >= 4 is 5.97 Å². The Hall–Kier alpha value is -1.53. The van der Waals surface area contributed by atoms with E-state index < -0.39 is 67.3 Å². The summed E-state index contributed by atoms with van der Waals surface area (Å²) in [4.78, 5) is 12.0. The zero-order valence-electron chi connectivity index (χ0n) is 15.5. The standard InChI is InChI=1S/C18H26O10/c1-7-11(5-20)27-18(15(23)14(7)22)28-17-12-8(4-19)3-10(21)13(12)9(6-26-17)16(24)25-2/h3,6-7,10-15,17-23H,4-5H2,1-2H3/t7-,10+,11-,12-,13+,14+,15-,17+,18+/m1/s1. The molecule has 10 nitrogen and oxygen atoms in total. The lowest BCUT2D eigenvalue weighted by molar-refractivity contribution is -0.332. The monoisotopic (exact) mass is 402 g/mol. The van der Waals surface area contributed by atoms with Gasteiger partial charge >= 0.3 is 5.97 Å². The Morgan fingerprint density at radius 1 is 1.14 bits per heavy atom. The van der Waals surface area contributed by atoms with Crippen molar-refractivity contribution in [3.05, 3.63) is 23.5 Å². The number of esters is 1. The van der Waals surface area contributed by atoms with Gasteiger partial charge in [-0.1, -0.05) is 13.0 Å². The number of hydrogen-bond donors (Lipinski definition) is 5. The van der Waals surface area contributed by atoms with E-state index in [9.17, 15) is 30.3 Å². The van der Waals surface area contributed by atoms with Crippen LogP contribution in [0.25, 0.3) is 0 Å². The van der Waals surface area contributed by atoms with Gasteiger partial charge < -0.3 is 44.5 Å². The maximum atomic E-state index is 12.0. The zero-order chi connectivity index (χ0) is 20.6. The summed E-state index contributed by atoms with van der Waals surface area (Å²) in [6.45, 7) is 0.849. The van der Waals surface area contributed by atoms with Crippen LogP contribution in [0.1, 0.15) is 6.92 Å². The van der Waals surface area contributed by atoms with Crippen LogP contribution in [-0.4, -0.2) is 88.8 Å². The minimum atomic E-state index is -1.40. The average Bonchev–Trinajstić information content (AvgIpc) is 3.05. The quantitative estimate of drug-likeness (QED) is 0.258. The Kier molecular flexibility index (Phi) is 6.40. The molecule has 3 aliphatic rings.